The van der Waals surface area contributed by atoms with E-state index in [4.69, 9.17) is 17.0 Å². The summed E-state index contributed by atoms with van der Waals surface area (Å²) >= 11 is 5.21. The molecule has 2 fully saturated rings. The summed E-state index contributed by atoms with van der Waals surface area (Å²) in [6, 6.07) is 6.01. The molecule has 1 aromatic rings. The van der Waals surface area contributed by atoms with Crippen LogP contribution in [0.15, 0.2) is 30.0 Å². The zero-order valence-corrected chi connectivity index (χ0v) is 13.5. The van der Waals surface area contributed by atoms with E-state index >= 15 is 0 Å². The lowest BCUT2D eigenvalue weighted by Crippen LogP contribution is -2.37. The van der Waals surface area contributed by atoms with Crippen LogP contribution in [0.25, 0.3) is 6.08 Å². The van der Waals surface area contributed by atoms with Gasteiger partial charge in [0.2, 0.25) is 0 Å². The third kappa shape index (κ3) is 3.88. The van der Waals surface area contributed by atoms with Gasteiger partial charge in [-0.1, -0.05) is 12.1 Å². The van der Waals surface area contributed by atoms with E-state index in [9.17, 15) is 13.6 Å². The van der Waals surface area contributed by atoms with Crippen molar-refractivity contribution in [3.8, 4) is 5.75 Å². The first-order valence-corrected chi connectivity index (χ1v) is 7.95. The predicted molar refractivity (Wildman–Crippen MR) is 87.5 cm³/mol. The van der Waals surface area contributed by atoms with Crippen molar-refractivity contribution in [2.24, 2.45) is 0 Å². The van der Waals surface area contributed by atoms with E-state index in [0.29, 0.717) is 29.5 Å². The third-order valence-electron chi connectivity index (χ3n) is 3.79. The Labute approximate surface area is 143 Å². The fraction of sp³-hybridized carbons (Fsp3) is 0.375. The molecule has 2 saturated heterocycles. The molecule has 2 aliphatic heterocycles. The van der Waals surface area contributed by atoms with Gasteiger partial charge in [0.15, 0.2) is 5.11 Å². The van der Waals surface area contributed by atoms with E-state index in [1.165, 1.54) is 17.0 Å². The van der Waals surface area contributed by atoms with Gasteiger partial charge in [0.05, 0.1) is 12.6 Å². The average Bonchev–Trinajstić information content (AvgIpc) is 3.13. The van der Waals surface area contributed by atoms with Gasteiger partial charge in [-0.05, 0) is 48.8 Å². The number of halogens is 2. The largest absolute Gasteiger partial charge is 0.435 e. The summed E-state index contributed by atoms with van der Waals surface area (Å²) in [6.45, 7) is -1.72. The molecule has 0 unspecified atom stereocenters. The van der Waals surface area contributed by atoms with Crippen LogP contribution < -0.4 is 10.1 Å². The van der Waals surface area contributed by atoms with Gasteiger partial charge in [-0.15, -0.1) is 0 Å². The molecule has 0 spiro atoms. The highest BCUT2D eigenvalue weighted by Crippen LogP contribution is 2.20. The second-order valence-electron chi connectivity index (χ2n) is 5.49. The molecular formula is C16H16F2N2O3S. The van der Waals surface area contributed by atoms with E-state index in [1.54, 1.807) is 18.2 Å². The lowest BCUT2D eigenvalue weighted by Gasteiger charge is -2.18. The molecular weight excluding hydrogens is 338 g/mol. The molecule has 1 amide bonds. The predicted octanol–water partition coefficient (Wildman–Crippen LogP) is 2.52. The van der Waals surface area contributed by atoms with Crippen LogP contribution in [0.1, 0.15) is 18.4 Å². The van der Waals surface area contributed by atoms with Crippen LogP contribution in [-0.2, 0) is 9.53 Å². The van der Waals surface area contributed by atoms with Crippen LogP contribution in [-0.4, -0.2) is 41.8 Å². The number of nitrogens with zero attached hydrogens (tertiary/aromatic N) is 1. The van der Waals surface area contributed by atoms with Crippen LogP contribution in [0.5, 0.6) is 5.75 Å². The van der Waals surface area contributed by atoms with Gasteiger partial charge in [0.1, 0.15) is 11.4 Å². The lowest BCUT2D eigenvalue weighted by atomic mass is 10.2. The summed E-state index contributed by atoms with van der Waals surface area (Å²) in [7, 11) is 0. The Kier molecular flexibility index (Phi) is 5.06. The minimum Gasteiger partial charge on any atom is -0.435 e. The van der Waals surface area contributed by atoms with Crippen molar-refractivity contribution in [3.63, 3.8) is 0 Å². The molecule has 0 radical (unpaired) electrons. The maximum Gasteiger partial charge on any atom is 0.387 e. The number of nitrogens with one attached hydrogen (secondary N) is 1. The van der Waals surface area contributed by atoms with Crippen molar-refractivity contribution in [1.82, 2.24) is 10.2 Å². The molecule has 2 heterocycles. The SMILES string of the molecule is O=C1/C(=C\c2ccc(OC(F)F)cc2)NC(=S)N1C[C@H]1CCCO1. The number of carbonyl (C=O) groups is 1. The van der Waals surface area contributed by atoms with Gasteiger partial charge in [-0.3, -0.25) is 9.69 Å². The third-order valence-corrected chi connectivity index (χ3v) is 4.11. The molecule has 1 N–H and O–H groups in total. The number of rotatable bonds is 5. The van der Waals surface area contributed by atoms with E-state index in [-0.39, 0.29) is 17.8 Å². The fourth-order valence-electron chi connectivity index (χ4n) is 2.64. The summed E-state index contributed by atoms with van der Waals surface area (Å²) in [5.41, 5.74) is 1.02. The Morgan fingerprint density at radius 1 is 1.42 bits per heavy atom. The summed E-state index contributed by atoms with van der Waals surface area (Å²) in [5.74, 6) is -0.156. The number of hydrogen-bond acceptors (Lipinski definition) is 4. The molecule has 128 valence electrons. The number of hydrogen-bond donors (Lipinski definition) is 1. The minimum absolute atomic E-state index is 0.0128. The van der Waals surface area contributed by atoms with E-state index in [2.05, 4.69) is 10.1 Å². The standard InChI is InChI=1S/C16H16F2N2O3S/c17-15(18)23-11-5-3-10(4-6-11)8-13-14(21)20(16(24)19-13)9-12-2-1-7-22-12/h3-6,8,12,15H,1-2,7,9H2,(H,19,24)/b13-8+/t12-/m1/s1. The van der Waals surface area contributed by atoms with Gasteiger partial charge in [0, 0.05) is 6.61 Å². The van der Waals surface area contributed by atoms with Gasteiger partial charge in [-0.25, -0.2) is 0 Å². The molecule has 2 aliphatic rings. The molecule has 1 aromatic carbocycles. The summed E-state index contributed by atoms with van der Waals surface area (Å²) in [5, 5.41) is 3.23. The molecule has 0 saturated carbocycles. The summed E-state index contributed by atoms with van der Waals surface area (Å²) < 4.78 is 34.1. The number of benzene rings is 1. The first-order chi connectivity index (χ1) is 11.5. The monoisotopic (exact) mass is 354 g/mol. The average molecular weight is 354 g/mol. The number of carbonyl (C=O) groups excluding carboxylic acids is 1. The maximum atomic E-state index is 12.4. The van der Waals surface area contributed by atoms with Gasteiger partial charge in [0.25, 0.3) is 5.91 Å². The zero-order valence-electron chi connectivity index (χ0n) is 12.7. The Morgan fingerprint density at radius 2 is 2.17 bits per heavy atom. The van der Waals surface area contributed by atoms with Gasteiger partial charge >= 0.3 is 6.61 Å². The van der Waals surface area contributed by atoms with Crippen molar-refractivity contribution in [3.05, 3.63) is 35.5 Å². The summed E-state index contributed by atoms with van der Waals surface area (Å²) in [6.07, 6.45) is 3.54. The molecule has 24 heavy (non-hydrogen) atoms. The molecule has 0 bridgehead atoms. The Morgan fingerprint density at radius 3 is 2.79 bits per heavy atom. The first kappa shape index (κ1) is 16.8. The highest BCUT2D eigenvalue weighted by atomic mass is 32.1. The smallest absolute Gasteiger partial charge is 0.387 e. The number of ether oxygens (including phenoxy) is 2. The van der Waals surface area contributed by atoms with Crippen LogP contribution in [0, 0.1) is 0 Å². The topological polar surface area (TPSA) is 50.8 Å². The Bertz CT molecular complexity index is 658. The Balaban J connectivity index is 1.68. The van der Waals surface area contributed by atoms with Crippen LogP contribution in [0.2, 0.25) is 0 Å². The molecule has 1 atom stereocenters. The van der Waals surface area contributed by atoms with Crippen molar-refractivity contribution in [2.45, 2.75) is 25.6 Å². The van der Waals surface area contributed by atoms with Crippen molar-refractivity contribution in [1.29, 1.82) is 0 Å². The number of alkyl halides is 2. The van der Waals surface area contributed by atoms with Crippen molar-refractivity contribution < 1.29 is 23.0 Å². The molecule has 0 aromatic heterocycles. The fourth-order valence-corrected chi connectivity index (χ4v) is 2.91. The van der Waals surface area contributed by atoms with Crippen LogP contribution >= 0.6 is 12.2 Å². The molecule has 5 nitrogen and oxygen atoms in total. The number of amides is 1. The zero-order chi connectivity index (χ0) is 17.1. The number of thiocarbonyl (C=S) groups is 1. The minimum atomic E-state index is -2.86. The lowest BCUT2D eigenvalue weighted by molar-refractivity contribution is -0.123. The highest BCUT2D eigenvalue weighted by molar-refractivity contribution is 7.80. The van der Waals surface area contributed by atoms with Crippen LogP contribution in [0.4, 0.5) is 8.78 Å². The van der Waals surface area contributed by atoms with Crippen LogP contribution in [0.3, 0.4) is 0 Å². The van der Waals surface area contributed by atoms with E-state index in [1.807, 2.05) is 0 Å². The van der Waals surface area contributed by atoms with Crippen molar-refractivity contribution in [2.75, 3.05) is 13.2 Å². The van der Waals surface area contributed by atoms with E-state index in [0.717, 1.165) is 12.8 Å². The highest BCUT2D eigenvalue weighted by Gasteiger charge is 2.33. The molecule has 3 rings (SSSR count). The normalized spacial score (nSPS) is 22.5. The molecule has 0 aliphatic carbocycles. The molecule has 8 heteroatoms. The van der Waals surface area contributed by atoms with Crippen molar-refractivity contribution >= 4 is 29.3 Å². The first-order valence-electron chi connectivity index (χ1n) is 7.54. The van der Waals surface area contributed by atoms with E-state index < -0.39 is 6.61 Å². The maximum absolute atomic E-state index is 12.4. The van der Waals surface area contributed by atoms with Gasteiger partial charge < -0.3 is 14.8 Å². The summed E-state index contributed by atoms with van der Waals surface area (Å²) in [4.78, 5) is 13.9. The Hall–Kier alpha value is -2.06. The second-order valence-corrected chi connectivity index (χ2v) is 5.87. The van der Waals surface area contributed by atoms with Gasteiger partial charge in [-0.2, -0.15) is 8.78 Å². The second kappa shape index (κ2) is 7.23. The quantitative estimate of drug-likeness (QED) is 0.650.